The monoisotopic (exact) mass is 291 g/mol. The number of non-ortho nitro benzene ring substituents is 1. The molecule has 116 valence electrons. The molecule has 2 rings (SSSR count). The van der Waals surface area contributed by atoms with Gasteiger partial charge in [0.1, 0.15) is 0 Å². The molecule has 0 aliphatic heterocycles. The average molecular weight is 291 g/mol. The highest BCUT2D eigenvalue weighted by atomic mass is 16.6. The fraction of sp³-hybridized carbons (Fsp3) is 0.625. The Morgan fingerprint density at radius 1 is 1.29 bits per heavy atom. The van der Waals surface area contributed by atoms with Crippen LogP contribution in [0.4, 0.5) is 5.69 Å². The summed E-state index contributed by atoms with van der Waals surface area (Å²) in [6.07, 6.45) is 5.99. The molecular formula is C16H25N3O2. The molecule has 0 radical (unpaired) electrons. The van der Waals surface area contributed by atoms with Crippen LogP contribution in [0, 0.1) is 16.0 Å². The highest BCUT2D eigenvalue weighted by molar-refractivity contribution is 5.32. The molecule has 1 saturated carbocycles. The zero-order chi connectivity index (χ0) is 15.2. The van der Waals surface area contributed by atoms with Crippen molar-refractivity contribution in [1.29, 1.82) is 0 Å². The first-order chi connectivity index (χ1) is 10.1. The summed E-state index contributed by atoms with van der Waals surface area (Å²) in [6.45, 7) is 1.74. The number of benzene rings is 1. The van der Waals surface area contributed by atoms with Crippen molar-refractivity contribution in [3.63, 3.8) is 0 Å². The second-order valence-electron chi connectivity index (χ2n) is 6.00. The maximum Gasteiger partial charge on any atom is 0.269 e. The highest BCUT2D eigenvalue weighted by Gasteiger charge is 2.26. The topological polar surface area (TPSA) is 72.4 Å². The van der Waals surface area contributed by atoms with Crippen molar-refractivity contribution in [2.24, 2.45) is 11.7 Å². The third-order valence-electron chi connectivity index (χ3n) is 4.64. The zero-order valence-corrected chi connectivity index (χ0v) is 12.7. The van der Waals surface area contributed by atoms with Gasteiger partial charge < -0.3 is 10.6 Å². The second-order valence-corrected chi connectivity index (χ2v) is 6.00. The van der Waals surface area contributed by atoms with E-state index in [0.29, 0.717) is 12.0 Å². The molecule has 2 unspecified atom stereocenters. The molecule has 21 heavy (non-hydrogen) atoms. The molecule has 5 nitrogen and oxygen atoms in total. The number of rotatable bonds is 6. The number of nitro benzene ring substituents is 1. The van der Waals surface area contributed by atoms with Gasteiger partial charge in [0, 0.05) is 24.7 Å². The van der Waals surface area contributed by atoms with E-state index in [2.05, 4.69) is 11.9 Å². The van der Waals surface area contributed by atoms with Crippen molar-refractivity contribution in [2.45, 2.75) is 38.1 Å². The van der Waals surface area contributed by atoms with E-state index in [1.54, 1.807) is 12.1 Å². The summed E-state index contributed by atoms with van der Waals surface area (Å²) in [5.74, 6) is 0.612. The first-order valence-corrected chi connectivity index (χ1v) is 7.75. The largest absolute Gasteiger partial charge is 0.330 e. The van der Waals surface area contributed by atoms with Crippen LogP contribution in [0.2, 0.25) is 0 Å². The van der Waals surface area contributed by atoms with Crippen LogP contribution < -0.4 is 5.73 Å². The van der Waals surface area contributed by atoms with Crippen LogP contribution in [0.1, 0.15) is 31.2 Å². The van der Waals surface area contributed by atoms with Gasteiger partial charge in [0.05, 0.1) is 4.92 Å². The minimum absolute atomic E-state index is 0.155. The van der Waals surface area contributed by atoms with Crippen molar-refractivity contribution >= 4 is 5.69 Å². The SMILES string of the molecule is CN(CCc1ccc([N+](=O)[O-])cc1)C1CCCCC1CN. The lowest BCUT2D eigenvalue weighted by Crippen LogP contribution is -2.43. The van der Waals surface area contributed by atoms with Gasteiger partial charge in [-0.2, -0.15) is 0 Å². The van der Waals surface area contributed by atoms with Gasteiger partial charge in [0.2, 0.25) is 0 Å². The molecule has 0 spiro atoms. The highest BCUT2D eigenvalue weighted by Crippen LogP contribution is 2.27. The minimum atomic E-state index is -0.357. The fourth-order valence-corrected chi connectivity index (χ4v) is 3.30. The lowest BCUT2D eigenvalue weighted by atomic mass is 9.83. The van der Waals surface area contributed by atoms with Crippen molar-refractivity contribution in [2.75, 3.05) is 20.1 Å². The van der Waals surface area contributed by atoms with Gasteiger partial charge in [-0.15, -0.1) is 0 Å². The van der Waals surface area contributed by atoms with E-state index in [9.17, 15) is 10.1 Å². The summed E-state index contributed by atoms with van der Waals surface area (Å²) in [4.78, 5) is 12.7. The van der Waals surface area contributed by atoms with Gasteiger partial charge in [-0.1, -0.05) is 25.0 Å². The third kappa shape index (κ3) is 4.25. The molecule has 1 aliphatic rings. The molecular weight excluding hydrogens is 266 g/mol. The predicted octanol–water partition coefficient (Wildman–Crippen LogP) is 2.59. The Hall–Kier alpha value is -1.46. The molecule has 2 N–H and O–H groups in total. The molecule has 0 aromatic heterocycles. The number of nitrogens with zero attached hydrogens (tertiary/aromatic N) is 2. The van der Waals surface area contributed by atoms with Crippen molar-refractivity contribution in [3.8, 4) is 0 Å². The lowest BCUT2D eigenvalue weighted by molar-refractivity contribution is -0.384. The number of nitrogens with two attached hydrogens (primary N) is 1. The van der Waals surface area contributed by atoms with E-state index < -0.39 is 0 Å². The summed E-state index contributed by atoms with van der Waals surface area (Å²) in [6, 6.07) is 7.46. The Bertz CT molecular complexity index is 461. The van der Waals surface area contributed by atoms with Crippen LogP contribution in [-0.2, 0) is 6.42 Å². The van der Waals surface area contributed by atoms with Crippen molar-refractivity contribution in [3.05, 3.63) is 39.9 Å². The van der Waals surface area contributed by atoms with Gasteiger partial charge in [-0.3, -0.25) is 10.1 Å². The van der Waals surface area contributed by atoms with Gasteiger partial charge >= 0.3 is 0 Å². The summed E-state index contributed by atoms with van der Waals surface area (Å²) in [5, 5.41) is 10.6. The lowest BCUT2D eigenvalue weighted by Gasteiger charge is -2.37. The van der Waals surface area contributed by atoms with E-state index in [-0.39, 0.29) is 10.6 Å². The van der Waals surface area contributed by atoms with Crippen LogP contribution in [0.15, 0.2) is 24.3 Å². The maximum atomic E-state index is 10.6. The van der Waals surface area contributed by atoms with E-state index in [1.165, 1.54) is 25.7 Å². The first-order valence-electron chi connectivity index (χ1n) is 7.75. The Morgan fingerprint density at radius 2 is 1.95 bits per heavy atom. The van der Waals surface area contributed by atoms with Crippen LogP contribution >= 0.6 is 0 Å². The molecule has 1 aromatic rings. The van der Waals surface area contributed by atoms with E-state index in [0.717, 1.165) is 25.1 Å². The van der Waals surface area contributed by atoms with E-state index in [4.69, 9.17) is 5.73 Å². The normalized spacial score (nSPS) is 22.4. The number of hydrogen-bond donors (Lipinski definition) is 1. The third-order valence-corrected chi connectivity index (χ3v) is 4.64. The average Bonchev–Trinajstić information content (AvgIpc) is 2.52. The Labute approximate surface area is 126 Å². The molecule has 2 atom stereocenters. The molecule has 1 aromatic carbocycles. The Morgan fingerprint density at radius 3 is 2.57 bits per heavy atom. The smallest absolute Gasteiger partial charge is 0.269 e. The standard InChI is InChI=1S/C16H25N3O2/c1-18(16-5-3-2-4-14(16)12-17)11-10-13-6-8-15(9-7-13)19(20)21/h6-9,14,16H,2-5,10-12,17H2,1H3. The Kier molecular flexibility index (Phi) is 5.70. The summed E-state index contributed by atoms with van der Waals surface area (Å²) < 4.78 is 0. The van der Waals surface area contributed by atoms with Crippen LogP contribution in [-0.4, -0.2) is 36.0 Å². The summed E-state index contributed by atoms with van der Waals surface area (Å²) in [7, 11) is 2.17. The van der Waals surface area contributed by atoms with Crippen LogP contribution in [0.5, 0.6) is 0 Å². The molecule has 0 amide bonds. The molecule has 1 fully saturated rings. The number of hydrogen-bond acceptors (Lipinski definition) is 4. The zero-order valence-electron chi connectivity index (χ0n) is 12.7. The van der Waals surface area contributed by atoms with E-state index >= 15 is 0 Å². The van der Waals surface area contributed by atoms with Crippen molar-refractivity contribution < 1.29 is 4.92 Å². The molecule has 5 heteroatoms. The Balaban J connectivity index is 1.87. The van der Waals surface area contributed by atoms with E-state index in [1.807, 2.05) is 12.1 Å². The quantitative estimate of drug-likeness (QED) is 0.646. The number of likely N-dealkylation sites (N-methyl/N-ethyl adjacent to an activating group) is 1. The van der Waals surface area contributed by atoms with Crippen LogP contribution in [0.25, 0.3) is 0 Å². The predicted molar refractivity (Wildman–Crippen MR) is 84.2 cm³/mol. The molecule has 0 heterocycles. The van der Waals surface area contributed by atoms with Gasteiger partial charge in [0.25, 0.3) is 5.69 Å². The van der Waals surface area contributed by atoms with Gasteiger partial charge in [-0.25, -0.2) is 0 Å². The summed E-state index contributed by atoms with van der Waals surface area (Å²) in [5.41, 5.74) is 7.19. The summed E-state index contributed by atoms with van der Waals surface area (Å²) >= 11 is 0. The minimum Gasteiger partial charge on any atom is -0.330 e. The van der Waals surface area contributed by atoms with Crippen molar-refractivity contribution in [1.82, 2.24) is 4.90 Å². The molecule has 1 aliphatic carbocycles. The van der Waals surface area contributed by atoms with Gasteiger partial charge in [-0.05, 0) is 44.3 Å². The molecule has 0 saturated heterocycles. The fourth-order valence-electron chi connectivity index (χ4n) is 3.30. The number of nitro groups is 1. The first kappa shape index (κ1) is 15.9. The van der Waals surface area contributed by atoms with Crippen LogP contribution in [0.3, 0.4) is 0 Å². The molecule has 0 bridgehead atoms. The van der Waals surface area contributed by atoms with Gasteiger partial charge in [0.15, 0.2) is 0 Å². The maximum absolute atomic E-state index is 10.6. The second kappa shape index (κ2) is 7.52.